The van der Waals surface area contributed by atoms with Crippen LogP contribution in [0.15, 0.2) is 24.4 Å². The van der Waals surface area contributed by atoms with Crippen LogP contribution in [0.2, 0.25) is 0 Å². The van der Waals surface area contributed by atoms with Gasteiger partial charge in [-0.15, -0.1) is 0 Å². The zero-order chi connectivity index (χ0) is 15.2. The van der Waals surface area contributed by atoms with Crippen LogP contribution in [0.5, 0.6) is 0 Å². The fourth-order valence-electron chi connectivity index (χ4n) is 2.84. The molecule has 1 unspecified atom stereocenters. The predicted molar refractivity (Wildman–Crippen MR) is 80.8 cm³/mol. The second-order valence-corrected chi connectivity index (χ2v) is 8.08. The normalized spacial score (nSPS) is 19.6. The van der Waals surface area contributed by atoms with Crippen molar-refractivity contribution >= 4 is 42.2 Å². The van der Waals surface area contributed by atoms with E-state index >= 15 is 0 Å². The lowest BCUT2D eigenvalue weighted by atomic mass is 10.1. The Morgan fingerprint density at radius 1 is 1.43 bits per heavy atom. The maximum Gasteiger partial charge on any atom is 0.232 e. The fraction of sp³-hybridized carbons (Fsp3) is 0.385. The number of carbonyl (C=O) groups is 1. The lowest BCUT2D eigenvalue weighted by Gasteiger charge is -2.18. The van der Waals surface area contributed by atoms with Crippen molar-refractivity contribution in [2.45, 2.75) is 6.42 Å². The van der Waals surface area contributed by atoms with Crippen molar-refractivity contribution < 1.29 is 13.2 Å². The van der Waals surface area contributed by atoms with E-state index in [0.717, 1.165) is 16.6 Å². The number of amides is 1. The van der Waals surface area contributed by atoms with Gasteiger partial charge in [0.15, 0.2) is 0 Å². The molecule has 1 aliphatic rings. The van der Waals surface area contributed by atoms with Crippen LogP contribution in [-0.2, 0) is 20.9 Å². The number of anilines is 1. The smallest absolute Gasteiger partial charge is 0.232 e. The third-order valence-electron chi connectivity index (χ3n) is 3.67. The zero-order valence-electron chi connectivity index (χ0n) is 11.4. The molecule has 1 saturated heterocycles. The van der Waals surface area contributed by atoms with Crippen molar-refractivity contribution in [3.8, 4) is 0 Å². The van der Waals surface area contributed by atoms with E-state index in [9.17, 15) is 13.2 Å². The van der Waals surface area contributed by atoms with E-state index in [4.69, 9.17) is 10.7 Å². The first kappa shape index (κ1) is 14.3. The van der Waals surface area contributed by atoms with Crippen molar-refractivity contribution in [3.63, 3.8) is 0 Å². The third kappa shape index (κ3) is 2.75. The van der Waals surface area contributed by atoms with E-state index in [1.807, 2.05) is 25.2 Å². The molecule has 112 valence electrons. The molecule has 0 spiro atoms. The van der Waals surface area contributed by atoms with Gasteiger partial charge in [0.1, 0.15) is 0 Å². The van der Waals surface area contributed by atoms with Crippen LogP contribution < -0.4 is 4.90 Å². The van der Waals surface area contributed by atoms with Gasteiger partial charge in [-0.2, -0.15) is 5.10 Å². The van der Waals surface area contributed by atoms with Gasteiger partial charge in [0.25, 0.3) is 0 Å². The Balaban J connectivity index is 1.96. The van der Waals surface area contributed by atoms with Crippen molar-refractivity contribution in [2.24, 2.45) is 13.0 Å². The first-order valence-electron chi connectivity index (χ1n) is 6.48. The number of benzene rings is 1. The summed E-state index contributed by atoms with van der Waals surface area (Å²) in [4.78, 5) is 13.8. The molecule has 0 radical (unpaired) electrons. The van der Waals surface area contributed by atoms with Crippen LogP contribution in [0.1, 0.15) is 6.42 Å². The van der Waals surface area contributed by atoms with Crippen LogP contribution in [0, 0.1) is 5.92 Å². The molecular weight excluding hydrogens is 314 g/mol. The first-order chi connectivity index (χ1) is 9.85. The third-order valence-corrected chi connectivity index (χ3v) is 4.92. The molecule has 8 heteroatoms. The number of fused-ring (bicyclic) bond motifs is 1. The molecule has 2 aromatic rings. The van der Waals surface area contributed by atoms with Crippen molar-refractivity contribution in [1.82, 2.24) is 9.78 Å². The van der Waals surface area contributed by atoms with E-state index in [2.05, 4.69) is 5.10 Å². The molecule has 1 aromatic carbocycles. The number of hydrogen-bond donors (Lipinski definition) is 0. The summed E-state index contributed by atoms with van der Waals surface area (Å²) < 4.78 is 24.1. The molecule has 21 heavy (non-hydrogen) atoms. The lowest BCUT2D eigenvalue weighted by molar-refractivity contribution is -0.117. The van der Waals surface area contributed by atoms with Crippen LogP contribution in [0.25, 0.3) is 10.9 Å². The first-order valence-corrected chi connectivity index (χ1v) is 8.96. The summed E-state index contributed by atoms with van der Waals surface area (Å²) in [5.41, 5.74) is 1.62. The number of para-hydroxylation sites is 1. The number of hydrogen-bond acceptors (Lipinski definition) is 4. The van der Waals surface area contributed by atoms with Gasteiger partial charge in [0.05, 0.1) is 23.2 Å². The summed E-state index contributed by atoms with van der Waals surface area (Å²) >= 11 is 0. The maximum atomic E-state index is 12.2. The van der Waals surface area contributed by atoms with Gasteiger partial charge in [-0.05, 0) is 6.07 Å². The van der Waals surface area contributed by atoms with E-state index in [1.165, 1.54) is 0 Å². The number of rotatable bonds is 3. The average Bonchev–Trinajstić information content (AvgIpc) is 2.91. The van der Waals surface area contributed by atoms with Crippen LogP contribution in [0.4, 0.5) is 5.69 Å². The zero-order valence-corrected chi connectivity index (χ0v) is 12.9. The number of aromatic nitrogens is 2. The molecule has 0 saturated carbocycles. The Morgan fingerprint density at radius 2 is 2.19 bits per heavy atom. The average molecular weight is 328 g/mol. The van der Waals surface area contributed by atoms with Crippen molar-refractivity contribution in [3.05, 3.63) is 24.4 Å². The van der Waals surface area contributed by atoms with Gasteiger partial charge in [0.2, 0.25) is 15.0 Å². The summed E-state index contributed by atoms with van der Waals surface area (Å²) in [5, 5.41) is 5.13. The minimum Gasteiger partial charge on any atom is -0.310 e. The van der Waals surface area contributed by atoms with Crippen LogP contribution in [-0.4, -0.2) is 36.4 Å². The Bertz CT molecular complexity index is 815. The highest BCUT2D eigenvalue weighted by atomic mass is 35.7. The van der Waals surface area contributed by atoms with Gasteiger partial charge >= 0.3 is 0 Å². The summed E-state index contributed by atoms with van der Waals surface area (Å²) in [6.45, 7) is 0.356. The molecule has 3 rings (SSSR count). The molecule has 1 aliphatic heterocycles. The molecule has 1 amide bonds. The predicted octanol–water partition coefficient (Wildman–Crippen LogP) is 1.49. The summed E-state index contributed by atoms with van der Waals surface area (Å²) in [6.07, 6.45) is 1.93. The van der Waals surface area contributed by atoms with E-state index in [1.54, 1.807) is 15.8 Å². The second kappa shape index (κ2) is 4.99. The second-order valence-electron chi connectivity index (χ2n) is 5.26. The highest BCUT2D eigenvalue weighted by Crippen LogP contribution is 2.32. The van der Waals surface area contributed by atoms with Gasteiger partial charge in [-0.3, -0.25) is 9.48 Å². The largest absolute Gasteiger partial charge is 0.310 e. The molecule has 1 atom stereocenters. The number of aryl methyl sites for hydroxylation is 1. The van der Waals surface area contributed by atoms with Crippen molar-refractivity contribution in [1.29, 1.82) is 0 Å². The minimum absolute atomic E-state index is 0.0889. The standard InChI is InChI=1S/C13H14ClN3O3S/c1-16-13-10(6-15-16)3-2-4-11(13)17-7-9(5-12(17)18)8-21(14,19)20/h2-4,6,9H,5,7-8H2,1H3. The Hall–Kier alpha value is -1.60. The van der Waals surface area contributed by atoms with Gasteiger partial charge < -0.3 is 4.90 Å². The number of carbonyl (C=O) groups excluding carboxylic acids is 1. The minimum atomic E-state index is -3.60. The fourth-order valence-corrected chi connectivity index (χ4v) is 4.16. The number of halogens is 1. The quantitative estimate of drug-likeness (QED) is 0.801. The van der Waals surface area contributed by atoms with Crippen molar-refractivity contribution in [2.75, 3.05) is 17.2 Å². The SMILES string of the molecule is Cn1ncc2cccc(N3CC(CS(=O)(=O)Cl)CC3=O)c21. The highest BCUT2D eigenvalue weighted by Gasteiger charge is 2.34. The van der Waals surface area contributed by atoms with E-state index in [0.29, 0.717) is 6.54 Å². The Labute approximate surface area is 126 Å². The number of nitrogens with zero attached hydrogens (tertiary/aromatic N) is 3. The van der Waals surface area contributed by atoms with E-state index in [-0.39, 0.29) is 24.0 Å². The molecule has 1 fully saturated rings. The maximum absolute atomic E-state index is 12.2. The molecule has 6 nitrogen and oxygen atoms in total. The summed E-state index contributed by atoms with van der Waals surface area (Å²) in [7, 11) is 3.50. The lowest BCUT2D eigenvalue weighted by Crippen LogP contribution is -2.25. The van der Waals surface area contributed by atoms with E-state index < -0.39 is 9.05 Å². The monoisotopic (exact) mass is 327 g/mol. The van der Waals surface area contributed by atoms with Gasteiger partial charge in [0, 0.05) is 42.0 Å². The highest BCUT2D eigenvalue weighted by molar-refractivity contribution is 8.13. The summed E-state index contributed by atoms with van der Waals surface area (Å²) in [5.74, 6) is -0.546. The molecule has 0 aliphatic carbocycles. The van der Waals surface area contributed by atoms with Gasteiger partial charge in [-0.1, -0.05) is 12.1 Å². The summed E-state index contributed by atoms with van der Waals surface area (Å²) in [6, 6.07) is 5.63. The molecule has 2 heterocycles. The Kier molecular flexibility index (Phi) is 3.41. The molecule has 1 aromatic heterocycles. The Morgan fingerprint density at radius 3 is 2.90 bits per heavy atom. The molecule has 0 N–H and O–H groups in total. The van der Waals surface area contributed by atoms with Crippen LogP contribution in [0.3, 0.4) is 0 Å². The molecular formula is C13H14ClN3O3S. The topological polar surface area (TPSA) is 72.3 Å². The van der Waals surface area contributed by atoms with Crippen LogP contribution >= 0.6 is 10.7 Å². The molecule has 0 bridgehead atoms. The van der Waals surface area contributed by atoms with Gasteiger partial charge in [-0.25, -0.2) is 8.42 Å².